The summed E-state index contributed by atoms with van der Waals surface area (Å²) in [5.41, 5.74) is 0.899. The summed E-state index contributed by atoms with van der Waals surface area (Å²) in [5.74, 6) is 0. The number of aromatic nitrogens is 2. The van der Waals surface area contributed by atoms with Gasteiger partial charge in [-0.2, -0.15) is 0 Å². The zero-order chi connectivity index (χ0) is 17.3. The number of halogens is 1. The minimum atomic E-state index is -4.16. The van der Waals surface area contributed by atoms with Crippen LogP contribution in [-0.2, 0) is 9.05 Å². The third-order valence-electron chi connectivity index (χ3n) is 4.46. The molecule has 5 rings (SSSR count). The molecule has 0 radical (unpaired) electrons. The van der Waals surface area contributed by atoms with E-state index < -0.39 is 19.4 Å². The van der Waals surface area contributed by atoms with Crippen LogP contribution in [0.4, 0.5) is 0 Å². The number of benzene rings is 3. The van der Waals surface area contributed by atoms with Gasteiger partial charge in [0.2, 0.25) is 5.43 Å². The normalized spacial score (nSPS) is 12.7. The maximum absolute atomic E-state index is 13.0. The lowest BCUT2D eigenvalue weighted by Gasteiger charge is -2.09. The molecular formula is C18H9ClN2O3S. The molecular weight excluding hydrogens is 360 g/mol. The van der Waals surface area contributed by atoms with Gasteiger partial charge in [0.05, 0.1) is 5.52 Å². The van der Waals surface area contributed by atoms with Gasteiger partial charge in [0.15, 0.2) is 0 Å². The van der Waals surface area contributed by atoms with Crippen molar-refractivity contribution >= 4 is 58.0 Å². The van der Waals surface area contributed by atoms with E-state index in [2.05, 4.69) is 4.98 Å². The highest BCUT2D eigenvalue weighted by molar-refractivity contribution is 8.13. The lowest BCUT2D eigenvalue weighted by atomic mass is 10.1. The molecule has 5 nitrogen and oxygen atoms in total. The molecule has 2 aromatic heterocycles. The zero-order valence-electron chi connectivity index (χ0n) is 12.6. The Bertz CT molecular complexity index is 1490. The van der Waals surface area contributed by atoms with Crippen molar-refractivity contribution in [2.45, 2.75) is 4.90 Å². The van der Waals surface area contributed by atoms with E-state index in [-0.39, 0.29) is 5.52 Å². The van der Waals surface area contributed by atoms with Gasteiger partial charge in [0.1, 0.15) is 16.1 Å². The molecule has 0 spiro atoms. The Hall–Kier alpha value is -2.70. The number of hydrogen-bond acceptors (Lipinski definition) is 4. The van der Waals surface area contributed by atoms with Gasteiger partial charge in [-0.3, -0.25) is 9.20 Å². The lowest BCUT2D eigenvalue weighted by Crippen LogP contribution is -2.14. The van der Waals surface area contributed by atoms with Gasteiger partial charge in [-0.1, -0.05) is 36.4 Å². The van der Waals surface area contributed by atoms with Crippen molar-refractivity contribution in [2.24, 2.45) is 0 Å². The van der Waals surface area contributed by atoms with Gasteiger partial charge < -0.3 is 0 Å². The summed E-state index contributed by atoms with van der Waals surface area (Å²) < 4.78 is 25.4. The minimum absolute atomic E-state index is 0.272. The molecule has 0 aliphatic carbocycles. The van der Waals surface area contributed by atoms with Crippen LogP contribution in [0.15, 0.2) is 64.4 Å². The van der Waals surface area contributed by atoms with Gasteiger partial charge in [-0.05, 0) is 17.5 Å². The molecule has 0 fully saturated rings. The molecule has 0 unspecified atom stereocenters. The number of fused-ring (bicyclic) bond motifs is 4. The number of nitrogens with zero attached hydrogens (tertiary/aromatic N) is 2. The van der Waals surface area contributed by atoms with Crippen LogP contribution in [0, 0.1) is 0 Å². The van der Waals surface area contributed by atoms with E-state index in [1.807, 2.05) is 30.3 Å². The first kappa shape index (κ1) is 14.6. The summed E-state index contributed by atoms with van der Waals surface area (Å²) in [7, 11) is 1.33. The minimum Gasteiger partial charge on any atom is -0.296 e. The van der Waals surface area contributed by atoms with Crippen molar-refractivity contribution < 1.29 is 8.42 Å². The first-order valence-corrected chi connectivity index (χ1v) is 9.80. The highest BCUT2D eigenvalue weighted by atomic mass is 35.7. The van der Waals surface area contributed by atoms with Crippen molar-refractivity contribution in [3.05, 3.63) is 65.0 Å². The molecule has 5 aromatic rings. The average molecular weight is 369 g/mol. The number of hydrogen-bond donors (Lipinski definition) is 0. The Balaban J connectivity index is 2.20. The van der Waals surface area contributed by atoms with Crippen LogP contribution in [0.2, 0.25) is 0 Å². The van der Waals surface area contributed by atoms with Crippen LogP contribution >= 0.6 is 10.7 Å². The van der Waals surface area contributed by atoms with E-state index >= 15 is 0 Å². The molecule has 0 atom stereocenters. The smallest absolute Gasteiger partial charge is 0.265 e. The van der Waals surface area contributed by atoms with Gasteiger partial charge in [0, 0.05) is 33.0 Å². The third-order valence-corrected chi connectivity index (χ3v) is 5.79. The fourth-order valence-electron chi connectivity index (χ4n) is 3.42. The molecule has 25 heavy (non-hydrogen) atoms. The summed E-state index contributed by atoms with van der Waals surface area (Å²) in [6, 6.07) is 14.3. The molecule has 0 saturated carbocycles. The van der Waals surface area contributed by atoms with E-state index in [0.29, 0.717) is 21.9 Å². The van der Waals surface area contributed by atoms with Crippen molar-refractivity contribution in [3.8, 4) is 0 Å². The van der Waals surface area contributed by atoms with Crippen LogP contribution in [0.25, 0.3) is 38.2 Å². The van der Waals surface area contributed by atoms with Crippen LogP contribution in [-0.4, -0.2) is 17.8 Å². The lowest BCUT2D eigenvalue weighted by molar-refractivity contribution is 0.609. The van der Waals surface area contributed by atoms with Crippen molar-refractivity contribution in [3.63, 3.8) is 0 Å². The summed E-state index contributed by atoms with van der Waals surface area (Å²) in [6.45, 7) is 0. The predicted octanol–water partition coefficient (Wildman–Crippen LogP) is 3.52. The van der Waals surface area contributed by atoms with Crippen molar-refractivity contribution in [2.75, 3.05) is 0 Å². The van der Waals surface area contributed by atoms with Crippen LogP contribution in [0.3, 0.4) is 0 Å². The summed E-state index contributed by atoms with van der Waals surface area (Å²) in [4.78, 5) is 17.2. The summed E-state index contributed by atoms with van der Waals surface area (Å²) >= 11 is 0. The van der Waals surface area contributed by atoms with Gasteiger partial charge in [-0.25, -0.2) is 13.4 Å². The standard InChI is InChI=1S/C18H9ClN2O3S/c19-25(23,24)14-8-10-5-3-7-13-15(10)16(17(14)22)21-9-11-4-1-2-6-12(11)18(21)20-13/h1-9H. The van der Waals surface area contributed by atoms with E-state index in [0.717, 1.165) is 10.8 Å². The number of rotatable bonds is 1. The SMILES string of the molecule is O=c1c(S(=O)(=O)Cl)cc2cccc3nc4c5ccccc5cn4c1c23. The van der Waals surface area contributed by atoms with Gasteiger partial charge in [0.25, 0.3) is 9.05 Å². The molecule has 0 amide bonds. The quantitative estimate of drug-likeness (QED) is 0.424. The maximum Gasteiger partial charge on any atom is 0.265 e. The van der Waals surface area contributed by atoms with Crippen molar-refractivity contribution in [1.82, 2.24) is 9.38 Å². The fourth-order valence-corrected chi connectivity index (χ4v) is 4.35. The van der Waals surface area contributed by atoms with E-state index in [9.17, 15) is 13.2 Å². The van der Waals surface area contributed by atoms with E-state index in [1.165, 1.54) is 6.07 Å². The first-order chi connectivity index (χ1) is 11.9. The van der Waals surface area contributed by atoms with Gasteiger partial charge >= 0.3 is 0 Å². The topological polar surface area (TPSA) is 68.5 Å². The second-order valence-electron chi connectivity index (χ2n) is 5.89. The van der Waals surface area contributed by atoms with E-state index in [4.69, 9.17) is 10.7 Å². The molecule has 0 N–H and O–H groups in total. The third kappa shape index (κ3) is 1.92. The van der Waals surface area contributed by atoms with Crippen LogP contribution in [0.5, 0.6) is 0 Å². The largest absolute Gasteiger partial charge is 0.296 e. The Kier molecular flexibility index (Phi) is 2.74. The van der Waals surface area contributed by atoms with Crippen LogP contribution in [0.1, 0.15) is 0 Å². The molecule has 0 saturated heterocycles. The summed E-state index contributed by atoms with van der Waals surface area (Å²) in [5, 5.41) is 3.05. The first-order valence-electron chi connectivity index (χ1n) is 7.49. The Morgan fingerprint density at radius 1 is 1.00 bits per heavy atom. The Labute approximate surface area is 145 Å². The Morgan fingerprint density at radius 2 is 1.76 bits per heavy atom. The van der Waals surface area contributed by atoms with Gasteiger partial charge in [-0.15, -0.1) is 0 Å². The molecule has 0 aliphatic rings. The average Bonchev–Trinajstić information content (AvgIpc) is 2.94. The van der Waals surface area contributed by atoms with E-state index in [1.54, 1.807) is 22.7 Å². The van der Waals surface area contributed by atoms with Crippen molar-refractivity contribution in [1.29, 1.82) is 0 Å². The molecule has 122 valence electrons. The zero-order valence-corrected chi connectivity index (χ0v) is 14.2. The molecule has 7 heteroatoms. The Morgan fingerprint density at radius 3 is 2.56 bits per heavy atom. The highest BCUT2D eigenvalue weighted by Crippen LogP contribution is 2.30. The fraction of sp³-hybridized carbons (Fsp3) is 0. The molecule has 0 aliphatic heterocycles. The highest BCUT2D eigenvalue weighted by Gasteiger charge is 2.22. The maximum atomic E-state index is 13.0. The second-order valence-corrected chi connectivity index (χ2v) is 8.42. The molecule has 2 heterocycles. The monoisotopic (exact) mass is 368 g/mol. The molecule has 0 bridgehead atoms. The second kappa shape index (κ2) is 4.68. The predicted molar refractivity (Wildman–Crippen MR) is 98.2 cm³/mol. The molecule has 3 aromatic carbocycles. The van der Waals surface area contributed by atoms with Crippen LogP contribution < -0.4 is 5.43 Å². The summed E-state index contributed by atoms with van der Waals surface area (Å²) in [6.07, 6.45) is 1.80.